The maximum Gasteiger partial charge on any atom is 0.309 e. The molecule has 1 saturated heterocycles. The van der Waals surface area contributed by atoms with Crippen molar-refractivity contribution in [1.82, 2.24) is 20.9 Å². The standard InChI is InChI=1S/C14H18N4O3/c19-12-11(5-1-2-7-16-12)18-14(21)13(20)17-9-10-4-3-6-15-8-10/h3-4,6,8,11H,1-2,5,7,9H2,(H,16,19)(H,17,20)(H,18,21)/t11-/m0/s1. The topological polar surface area (TPSA) is 100 Å². The van der Waals surface area contributed by atoms with Crippen molar-refractivity contribution in [3.63, 3.8) is 0 Å². The van der Waals surface area contributed by atoms with Gasteiger partial charge in [-0.2, -0.15) is 0 Å². The third-order valence-corrected chi connectivity index (χ3v) is 3.22. The molecule has 0 radical (unpaired) electrons. The first-order valence-corrected chi connectivity index (χ1v) is 6.92. The van der Waals surface area contributed by atoms with E-state index in [1.807, 2.05) is 0 Å². The van der Waals surface area contributed by atoms with Crippen molar-refractivity contribution in [2.45, 2.75) is 31.8 Å². The van der Waals surface area contributed by atoms with Crippen LogP contribution in [-0.2, 0) is 20.9 Å². The van der Waals surface area contributed by atoms with Gasteiger partial charge in [0.1, 0.15) is 6.04 Å². The summed E-state index contributed by atoms with van der Waals surface area (Å²) in [4.78, 5) is 39.1. The van der Waals surface area contributed by atoms with Crippen LogP contribution in [0.5, 0.6) is 0 Å². The van der Waals surface area contributed by atoms with E-state index in [-0.39, 0.29) is 12.5 Å². The fraction of sp³-hybridized carbons (Fsp3) is 0.429. The minimum Gasteiger partial charge on any atom is -0.354 e. The van der Waals surface area contributed by atoms with Gasteiger partial charge in [0.2, 0.25) is 5.91 Å². The maximum absolute atomic E-state index is 11.8. The summed E-state index contributed by atoms with van der Waals surface area (Å²) in [7, 11) is 0. The SMILES string of the molecule is O=C(NCc1cccnc1)C(=O)N[C@H]1CCCCNC1=O. The smallest absolute Gasteiger partial charge is 0.309 e. The molecule has 3 N–H and O–H groups in total. The van der Waals surface area contributed by atoms with Crippen LogP contribution in [0.2, 0.25) is 0 Å². The average Bonchev–Trinajstić information content (AvgIpc) is 2.71. The molecule has 21 heavy (non-hydrogen) atoms. The van der Waals surface area contributed by atoms with Crippen molar-refractivity contribution in [1.29, 1.82) is 0 Å². The molecule has 0 aliphatic carbocycles. The van der Waals surface area contributed by atoms with Gasteiger partial charge < -0.3 is 16.0 Å². The van der Waals surface area contributed by atoms with Crippen LogP contribution in [0.3, 0.4) is 0 Å². The molecular weight excluding hydrogens is 272 g/mol. The van der Waals surface area contributed by atoms with Crippen LogP contribution in [0.15, 0.2) is 24.5 Å². The summed E-state index contributed by atoms with van der Waals surface area (Å²) in [5.41, 5.74) is 0.797. The lowest BCUT2D eigenvalue weighted by molar-refractivity contribution is -0.140. The molecule has 7 nitrogen and oxygen atoms in total. The van der Waals surface area contributed by atoms with Crippen molar-refractivity contribution < 1.29 is 14.4 Å². The fourth-order valence-electron chi connectivity index (χ4n) is 2.07. The third kappa shape index (κ3) is 4.55. The molecule has 0 bridgehead atoms. The summed E-state index contributed by atoms with van der Waals surface area (Å²) < 4.78 is 0. The van der Waals surface area contributed by atoms with Gasteiger partial charge in [0, 0.05) is 25.5 Å². The lowest BCUT2D eigenvalue weighted by atomic mass is 10.1. The molecular formula is C14H18N4O3. The highest BCUT2D eigenvalue weighted by Gasteiger charge is 2.25. The number of nitrogens with one attached hydrogen (secondary N) is 3. The van der Waals surface area contributed by atoms with Crippen molar-refractivity contribution >= 4 is 17.7 Å². The van der Waals surface area contributed by atoms with Crippen molar-refractivity contribution in [2.24, 2.45) is 0 Å². The van der Waals surface area contributed by atoms with Gasteiger partial charge in [-0.05, 0) is 30.9 Å². The first kappa shape index (κ1) is 15.0. The second-order valence-electron chi connectivity index (χ2n) is 4.86. The number of nitrogens with zero attached hydrogens (tertiary/aromatic N) is 1. The number of carbonyl (C=O) groups is 3. The van der Waals surface area contributed by atoms with Gasteiger partial charge in [-0.15, -0.1) is 0 Å². The van der Waals surface area contributed by atoms with Crippen LogP contribution in [0.1, 0.15) is 24.8 Å². The summed E-state index contributed by atoms with van der Waals surface area (Å²) >= 11 is 0. The van der Waals surface area contributed by atoms with Crippen molar-refractivity contribution in [2.75, 3.05) is 6.54 Å². The highest BCUT2D eigenvalue weighted by molar-refractivity contribution is 6.35. The zero-order chi connectivity index (χ0) is 15.1. The maximum atomic E-state index is 11.8. The molecule has 2 heterocycles. The minimum atomic E-state index is -0.791. The van der Waals surface area contributed by atoms with E-state index in [2.05, 4.69) is 20.9 Å². The number of hydrogen-bond acceptors (Lipinski definition) is 4. The largest absolute Gasteiger partial charge is 0.354 e. The van der Waals surface area contributed by atoms with Gasteiger partial charge in [0.15, 0.2) is 0 Å². The quantitative estimate of drug-likeness (QED) is 0.652. The summed E-state index contributed by atoms with van der Waals surface area (Å²) in [6.07, 6.45) is 5.50. The van der Waals surface area contributed by atoms with Gasteiger partial charge in [-0.1, -0.05) is 6.07 Å². The summed E-state index contributed by atoms with van der Waals surface area (Å²) in [6, 6.07) is 2.91. The number of hydrogen-bond donors (Lipinski definition) is 3. The van der Waals surface area contributed by atoms with Crippen LogP contribution in [0.25, 0.3) is 0 Å². The van der Waals surface area contributed by atoms with Crippen LogP contribution in [-0.4, -0.2) is 35.3 Å². The number of aromatic nitrogens is 1. The Hall–Kier alpha value is -2.44. The van der Waals surface area contributed by atoms with E-state index in [9.17, 15) is 14.4 Å². The van der Waals surface area contributed by atoms with Gasteiger partial charge >= 0.3 is 11.8 Å². The van der Waals surface area contributed by atoms with Crippen molar-refractivity contribution in [3.8, 4) is 0 Å². The molecule has 7 heteroatoms. The van der Waals surface area contributed by atoms with E-state index in [1.54, 1.807) is 24.5 Å². The summed E-state index contributed by atoms with van der Waals surface area (Å²) in [5, 5.41) is 7.67. The molecule has 2 rings (SSSR count). The second kappa shape index (κ2) is 7.37. The van der Waals surface area contributed by atoms with E-state index in [4.69, 9.17) is 0 Å². The van der Waals surface area contributed by atoms with Gasteiger partial charge in [0.05, 0.1) is 0 Å². The lowest BCUT2D eigenvalue weighted by Gasteiger charge is -2.14. The molecule has 0 aromatic carbocycles. The molecule has 0 unspecified atom stereocenters. The first-order valence-electron chi connectivity index (χ1n) is 6.92. The average molecular weight is 290 g/mol. The highest BCUT2D eigenvalue weighted by atomic mass is 16.2. The Balaban J connectivity index is 1.82. The Kier molecular flexibility index (Phi) is 5.25. The van der Waals surface area contributed by atoms with Crippen LogP contribution < -0.4 is 16.0 Å². The Morgan fingerprint density at radius 3 is 2.95 bits per heavy atom. The predicted molar refractivity (Wildman–Crippen MR) is 74.9 cm³/mol. The molecule has 1 atom stereocenters. The van der Waals surface area contributed by atoms with E-state index in [0.29, 0.717) is 13.0 Å². The molecule has 1 aliphatic rings. The fourth-order valence-corrected chi connectivity index (χ4v) is 2.07. The Morgan fingerprint density at radius 1 is 1.33 bits per heavy atom. The molecule has 1 fully saturated rings. The highest BCUT2D eigenvalue weighted by Crippen LogP contribution is 2.05. The van der Waals surface area contributed by atoms with Crippen LogP contribution in [0.4, 0.5) is 0 Å². The zero-order valence-corrected chi connectivity index (χ0v) is 11.6. The van der Waals surface area contributed by atoms with Gasteiger partial charge in [0.25, 0.3) is 0 Å². The van der Waals surface area contributed by atoms with E-state index in [0.717, 1.165) is 18.4 Å². The van der Waals surface area contributed by atoms with E-state index in [1.165, 1.54) is 0 Å². The monoisotopic (exact) mass is 290 g/mol. The Labute approximate surface area is 122 Å². The second-order valence-corrected chi connectivity index (χ2v) is 4.86. The summed E-state index contributed by atoms with van der Waals surface area (Å²) in [5.74, 6) is -1.78. The Morgan fingerprint density at radius 2 is 2.19 bits per heavy atom. The molecule has 3 amide bonds. The number of amides is 3. The van der Waals surface area contributed by atoms with Crippen LogP contribution in [0, 0.1) is 0 Å². The van der Waals surface area contributed by atoms with Crippen LogP contribution >= 0.6 is 0 Å². The lowest BCUT2D eigenvalue weighted by Crippen LogP contribution is -2.50. The van der Waals surface area contributed by atoms with Gasteiger partial charge in [-0.25, -0.2) is 0 Å². The summed E-state index contributed by atoms with van der Waals surface area (Å²) in [6.45, 7) is 0.829. The van der Waals surface area contributed by atoms with E-state index >= 15 is 0 Å². The van der Waals surface area contributed by atoms with Gasteiger partial charge in [-0.3, -0.25) is 19.4 Å². The molecule has 0 spiro atoms. The molecule has 1 aromatic heterocycles. The molecule has 112 valence electrons. The Bertz CT molecular complexity index is 518. The normalized spacial score (nSPS) is 18.3. The molecule has 1 aliphatic heterocycles. The number of rotatable bonds is 3. The van der Waals surface area contributed by atoms with E-state index < -0.39 is 17.9 Å². The minimum absolute atomic E-state index is 0.219. The molecule has 0 saturated carbocycles. The molecule has 1 aromatic rings. The zero-order valence-electron chi connectivity index (χ0n) is 11.6. The predicted octanol–water partition coefficient (Wildman–Crippen LogP) is -0.517. The first-order chi connectivity index (χ1) is 10.2. The third-order valence-electron chi connectivity index (χ3n) is 3.22. The number of pyridine rings is 1. The number of carbonyl (C=O) groups excluding carboxylic acids is 3. The van der Waals surface area contributed by atoms with Crippen molar-refractivity contribution in [3.05, 3.63) is 30.1 Å².